The average molecular weight is 312 g/mol. The van der Waals surface area contributed by atoms with Gasteiger partial charge >= 0.3 is 0 Å². The van der Waals surface area contributed by atoms with E-state index < -0.39 is 0 Å². The number of carbonyl (C=O) groups excluding carboxylic acids is 1. The van der Waals surface area contributed by atoms with Gasteiger partial charge in [0.2, 0.25) is 5.91 Å². The molecule has 0 unspecified atom stereocenters. The van der Waals surface area contributed by atoms with Gasteiger partial charge in [0.25, 0.3) is 0 Å². The fraction of sp³-hybridized carbons (Fsp3) is 0.368. The second-order valence-electron chi connectivity index (χ2n) is 6.92. The molecule has 1 heterocycles. The summed E-state index contributed by atoms with van der Waals surface area (Å²) >= 11 is 0. The fourth-order valence-corrected chi connectivity index (χ4v) is 2.84. The number of aromatic nitrogens is 1. The van der Waals surface area contributed by atoms with Crippen LogP contribution in [0.2, 0.25) is 0 Å². The van der Waals surface area contributed by atoms with Crippen LogP contribution in [0.4, 0.5) is 4.39 Å². The molecule has 120 valence electrons. The maximum Gasteiger partial charge on any atom is 0.226 e. The van der Waals surface area contributed by atoms with Gasteiger partial charge in [-0.15, -0.1) is 0 Å². The molecule has 1 saturated carbocycles. The largest absolute Gasteiger partial charge is 0.334 e. The lowest BCUT2D eigenvalue weighted by Gasteiger charge is -2.24. The summed E-state index contributed by atoms with van der Waals surface area (Å²) in [6.45, 7) is 5.29. The molecular formula is C19H21FN2O. The van der Waals surface area contributed by atoms with Gasteiger partial charge in [-0.05, 0) is 47.2 Å². The van der Waals surface area contributed by atoms with Crippen LogP contribution >= 0.6 is 0 Å². The van der Waals surface area contributed by atoms with E-state index in [1.54, 1.807) is 24.5 Å². The van der Waals surface area contributed by atoms with Crippen LogP contribution in [-0.2, 0) is 17.9 Å². The first-order valence-corrected chi connectivity index (χ1v) is 7.88. The summed E-state index contributed by atoms with van der Waals surface area (Å²) < 4.78 is 13.1. The maximum atomic E-state index is 13.1. The average Bonchev–Trinajstić information content (AvgIpc) is 3.18. The second kappa shape index (κ2) is 6.11. The number of carbonyl (C=O) groups is 1. The van der Waals surface area contributed by atoms with Gasteiger partial charge in [-0.2, -0.15) is 0 Å². The van der Waals surface area contributed by atoms with Gasteiger partial charge in [0, 0.05) is 31.4 Å². The standard InChI is InChI=1S/C19H21FN2O/c1-19(2)11-17(19)18(23)22(13-15-7-9-21-10-8-15)12-14-3-5-16(20)6-4-14/h3-10,17H,11-13H2,1-2H3/t17-/m1/s1. The lowest BCUT2D eigenvalue weighted by Crippen LogP contribution is -2.32. The van der Waals surface area contributed by atoms with E-state index >= 15 is 0 Å². The molecule has 0 saturated heterocycles. The molecule has 0 bridgehead atoms. The Balaban J connectivity index is 1.78. The van der Waals surface area contributed by atoms with E-state index in [0.29, 0.717) is 13.1 Å². The Morgan fingerprint density at radius 2 is 1.65 bits per heavy atom. The zero-order valence-corrected chi connectivity index (χ0v) is 13.5. The molecule has 1 aromatic heterocycles. The maximum absolute atomic E-state index is 13.1. The molecule has 1 aromatic carbocycles. The Kier molecular flexibility index (Phi) is 4.16. The summed E-state index contributed by atoms with van der Waals surface area (Å²) in [6.07, 6.45) is 4.40. The molecule has 0 radical (unpaired) electrons. The van der Waals surface area contributed by atoms with Crippen LogP contribution in [0.3, 0.4) is 0 Å². The Bertz CT molecular complexity index is 682. The predicted octanol–water partition coefficient (Wildman–Crippen LogP) is 3.80. The first-order chi connectivity index (χ1) is 11.0. The molecule has 0 aliphatic heterocycles. The highest BCUT2D eigenvalue weighted by Gasteiger charge is 2.51. The van der Waals surface area contributed by atoms with Crippen molar-refractivity contribution in [2.24, 2.45) is 11.3 Å². The quantitative estimate of drug-likeness (QED) is 0.841. The third-order valence-electron chi connectivity index (χ3n) is 4.53. The van der Waals surface area contributed by atoms with Crippen molar-refractivity contribution >= 4 is 5.91 Å². The SMILES string of the molecule is CC1(C)C[C@@H]1C(=O)N(Cc1ccncc1)Cc1ccc(F)cc1. The number of halogens is 1. The van der Waals surface area contributed by atoms with Gasteiger partial charge in [-0.25, -0.2) is 4.39 Å². The highest BCUT2D eigenvalue weighted by molar-refractivity contribution is 5.82. The molecule has 3 rings (SSSR count). The van der Waals surface area contributed by atoms with Gasteiger partial charge < -0.3 is 4.90 Å². The monoisotopic (exact) mass is 312 g/mol. The molecule has 3 nitrogen and oxygen atoms in total. The molecule has 1 aliphatic rings. The van der Waals surface area contributed by atoms with Gasteiger partial charge in [0.1, 0.15) is 5.82 Å². The van der Waals surface area contributed by atoms with Crippen LogP contribution in [0.5, 0.6) is 0 Å². The minimum absolute atomic E-state index is 0.0878. The number of pyridine rings is 1. The van der Waals surface area contributed by atoms with Crippen molar-refractivity contribution in [1.82, 2.24) is 9.88 Å². The van der Waals surface area contributed by atoms with Crippen molar-refractivity contribution in [2.75, 3.05) is 0 Å². The number of hydrogen-bond donors (Lipinski definition) is 0. The highest BCUT2D eigenvalue weighted by atomic mass is 19.1. The third-order valence-corrected chi connectivity index (χ3v) is 4.53. The van der Waals surface area contributed by atoms with Crippen LogP contribution in [0.1, 0.15) is 31.4 Å². The Morgan fingerprint density at radius 3 is 2.17 bits per heavy atom. The normalized spacial score (nSPS) is 18.5. The number of nitrogens with zero attached hydrogens (tertiary/aromatic N) is 2. The third kappa shape index (κ3) is 3.76. The predicted molar refractivity (Wildman–Crippen MR) is 86.8 cm³/mol. The smallest absolute Gasteiger partial charge is 0.226 e. The van der Waals surface area contributed by atoms with Crippen LogP contribution in [0, 0.1) is 17.2 Å². The fourth-order valence-electron chi connectivity index (χ4n) is 2.84. The molecule has 1 fully saturated rings. The summed E-state index contributed by atoms with van der Waals surface area (Å²) in [5.74, 6) is 0.00464. The van der Waals surface area contributed by atoms with E-state index in [4.69, 9.17) is 0 Å². The lowest BCUT2D eigenvalue weighted by atomic mass is 10.1. The molecule has 23 heavy (non-hydrogen) atoms. The summed E-state index contributed by atoms with van der Waals surface area (Å²) in [5.41, 5.74) is 2.08. The molecule has 1 amide bonds. The number of rotatable bonds is 5. The van der Waals surface area contributed by atoms with Crippen molar-refractivity contribution in [2.45, 2.75) is 33.4 Å². The zero-order valence-electron chi connectivity index (χ0n) is 13.5. The molecular weight excluding hydrogens is 291 g/mol. The highest BCUT2D eigenvalue weighted by Crippen LogP contribution is 2.52. The first-order valence-electron chi connectivity index (χ1n) is 7.88. The van der Waals surface area contributed by atoms with Gasteiger partial charge in [-0.1, -0.05) is 26.0 Å². The van der Waals surface area contributed by atoms with Gasteiger partial charge in [0.15, 0.2) is 0 Å². The van der Waals surface area contributed by atoms with Gasteiger partial charge in [0.05, 0.1) is 0 Å². The molecule has 0 spiro atoms. The van der Waals surface area contributed by atoms with E-state index in [9.17, 15) is 9.18 Å². The Morgan fingerprint density at radius 1 is 1.13 bits per heavy atom. The molecule has 4 heteroatoms. The Labute approximate surface area is 136 Å². The molecule has 0 N–H and O–H groups in total. The summed E-state index contributed by atoms with van der Waals surface area (Å²) in [7, 11) is 0. The van der Waals surface area contributed by atoms with Crippen molar-refractivity contribution in [3.05, 3.63) is 65.7 Å². The topological polar surface area (TPSA) is 33.2 Å². The summed E-state index contributed by atoms with van der Waals surface area (Å²) in [5, 5.41) is 0. The number of hydrogen-bond acceptors (Lipinski definition) is 2. The molecule has 1 aliphatic carbocycles. The van der Waals surface area contributed by atoms with Gasteiger partial charge in [-0.3, -0.25) is 9.78 Å². The summed E-state index contributed by atoms with van der Waals surface area (Å²) in [4.78, 5) is 18.7. The van der Waals surface area contributed by atoms with Crippen molar-refractivity contribution < 1.29 is 9.18 Å². The van der Waals surface area contributed by atoms with Crippen molar-refractivity contribution in [3.63, 3.8) is 0 Å². The van der Waals surface area contributed by atoms with Crippen molar-refractivity contribution in [1.29, 1.82) is 0 Å². The van der Waals surface area contributed by atoms with E-state index in [1.165, 1.54) is 12.1 Å². The zero-order chi connectivity index (χ0) is 16.4. The van der Waals surface area contributed by atoms with E-state index in [2.05, 4.69) is 18.8 Å². The first kappa shape index (κ1) is 15.7. The minimum atomic E-state index is -0.260. The minimum Gasteiger partial charge on any atom is -0.334 e. The van der Waals surface area contributed by atoms with Crippen LogP contribution < -0.4 is 0 Å². The van der Waals surface area contributed by atoms with E-state index in [-0.39, 0.29) is 23.1 Å². The van der Waals surface area contributed by atoms with Crippen LogP contribution in [0.15, 0.2) is 48.8 Å². The molecule has 1 atom stereocenters. The lowest BCUT2D eigenvalue weighted by molar-refractivity contribution is -0.134. The van der Waals surface area contributed by atoms with Crippen LogP contribution in [-0.4, -0.2) is 15.8 Å². The number of benzene rings is 1. The van der Waals surface area contributed by atoms with Crippen molar-refractivity contribution in [3.8, 4) is 0 Å². The Hall–Kier alpha value is -2.23. The molecule has 2 aromatic rings. The van der Waals surface area contributed by atoms with E-state index in [0.717, 1.165) is 17.5 Å². The number of amides is 1. The summed E-state index contributed by atoms with van der Waals surface area (Å²) in [6, 6.07) is 10.2. The van der Waals surface area contributed by atoms with Crippen LogP contribution in [0.25, 0.3) is 0 Å². The van der Waals surface area contributed by atoms with E-state index in [1.807, 2.05) is 17.0 Å². The second-order valence-corrected chi connectivity index (χ2v) is 6.92.